The van der Waals surface area contributed by atoms with Crippen molar-refractivity contribution in [2.45, 2.75) is 0 Å². The highest BCUT2D eigenvalue weighted by molar-refractivity contribution is 5.99. The highest BCUT2D eigenvalue weighted by Gasteiger charge is 2.26. The molecule has 0 N–H and O–H groups in total. The van der Waals surface area contributed by atoms with Gasteiger partial charge in [0.25, 0.3) is 5.91 Å². The predicted octanol–water partition coefficient (Wildman–Crippen LogP) is 3.27. The highest BCUT2D eigenvalue weighted by Crippen LogP contribution is 2.27. The Morgan fingerprint density at radius 1 is 0.900 bits per heavy atom. The maximum atomic E-state index is 13.0. The average Bonchev–Trinajstić information content (AvgIpc) is 2.84. The zero-order valence-corrected chi connectivity index (χ0v) is 16.6. The van der Waals surface area contributed by atoms with Crippen LogP contribution in [0, 0.1) is 0 Å². The second kappa shape index (κ2) is 7.99. The number of para-hydroxylation sites is 1. The van der Waals surface area contributed by atoms with E-state index in [1.165, 1.54) is 0 Å². The van der Waals surface area contributed by atoms with E-state index in [0.717, 1.165) is 41.6 Å². The predicted molar refractivity (Wildman–Crippen MR) is 116 cm³/mol. The Labute approximate surface area is 175 Å². The van der Waals surface area contributed by atoms with Crippen LogP contribution < -0.4 is 9.64 Å². The molecule has 0 aliphatic carbocycles. The standard InChI is InChI=1S/C24H22N4O2/c29-24(20-16-19-8-4-5-9-21(19)30-17-20)28-14-12-27(13-15-28)22-10-11-25-23(26-22)18-6-2-1-3-7-18/h1-11,16H,12-15,17H2. The Kier molecular flexibility index (Phi) is 4.89. The molecule has 0 spiro atoms. The maximum Gasteiger partial charge on any atom is 0.253 e. The molecule has 3 heterocycles. The number of fused-ring (bicyclic) bond motifs is 1. The lowest BCUT2D eigenvalue weighted by atomic mass is 10.1. The summed E-state index contributed by atoms with van der Waals surface area (Å²) < 4.78 is 5.75. The number of amides is 1. The molecule has 0 atom stereocenters. The molecule has 0 saturated carbocycles. The zero-order valence-electron chi connectivity index (χ0n) is 16.6. The lowest BCUT2D eigenvalue weighted by molar-refractivity contribution is -0.127. The lowest BCUT2D eigenvalue weighted by Crippen LogP contribution is -2.49. The molecule has 1 saturated heterocycles. The Hall–Kier alpha value is -3.67. The molecular weight excluding hydrogens is 376 g/mol. The van der Waals surface area contributed by atoms with Gasteiger partial charge in [0, 0.05) is 43.5 Å². The van der Waals surface area contributed by atoms with Crippen molar-refractivity contribution < 1.29 is 9.53 Å². The van der Waals surface area contributed by atoms with Crippen molar-refractivity contribution in [1.29, 1.82) is 0 Å². The highest BCUT2D eigenvalue weighted by atomic mass is 16.5. The minimum atomic E-state index is 0.0526. The van der Waals surface area contributed by atoms with Gasteiger partial charge < -0.3 is 14.5 Å². The number of ether oxygens (including phenoxy) is 1. The molecule has 1 aromatic heterocycles. The summed E-state index contributed by atoms with van der Waals surface area (Å²) in [6.45, 7) is 3.11. The van der Waals surface area contributed by atoms with Gasteiger partial charge in [0.2, 0.25) is 0 Å². The molecule has 2 aliphatic rings. The van der Waals surface area contributed by atoms with Crippen molar-refractivity contribution in [1.82, 2.24) is 14.9 Å². The summed E-state index contributed by atoms with van der Waals surface area (Å²) in [6.07, 6.45) is 3.74. The Morgan fingerprint density at radius 3 is 2.50 bits per heavy atom. The van der Waals surface area contributed by atoms with Crippen LogP contribution in [0.3, 0.4) is 0 Å². The lowest BCUT2D eigenvalue weighted by Gasteiger charge is -2.36. The van der Waals surface area contributed by atoms with E-state index in [1.54, 1.807) is 6.20 Å². The van der Waals surface area contributed by atoms with E-state index in [4.69, 9.17) is 9.72 Å². The number of rotatable bonds is 3. The first kappa shape index (κ1) is 18.4. The molecule has 0 unspecified atom stereocenters. The van der Waals surface area contributed by atoms with Gasteiger partial charge in [-0.25, -0.2) is 9.97 Å². The van der Waals surface area contributed by atoms with E-state index in [2.05, 4.69) is 9.88 Å². The van der Waals surface area contributed by atoms with Crippen LogP contribution in [0.25, 0.3) is 17.5 Å². The number of anilines is 1. The minimum absolute atomic E-state index is 0.0526. The van der Waals surface area contributed by atoms with Crippen LogP contribution in [-0.4, -0.2) is 53.6 Å². The number of hydrogen-bond acceptors (Lipinski definition) is 5. The number of piperazine rings is 1. The molecule has 30 heavy (non-hydrogen) atoms. The van der Waals surface area contributed by atoms with Gasteiger partial charge in [-0.1, -0.05) is 48.5 Å². The van der Waals surface area contributed by atoms with Gasteiger partial charge in [-0.05, 0) is 18.2 Å². The van der Waals surface area contributed by atoms with Gasteiger partial charge >= 0.3 is 0 Å². The quantitative estimate of drug-likeness (QED) is 0.678. The van der Waals surface area contributed by atoms with Crippen LogP contribution in [0.5, 0.6) is 5.75 Å². The van der Waals surface area contributed by atoms with Crippen molar-refractivity contribution in [3.8, 4) is 17.1 Å². The molecule has 1 amide bonds. The van der Waals surface area contributed by atoms with E-state index < -0.39 is 0 Å². The van der Waals surface area contributed by atoms with Gasteiger partial charge in [0.15, 0.2) is 5.82 Å². The topological polar surface area (TPSA) is 58.6 Å². The summed E-state index contributed by atoms with van der Waals surface area (Å²) in [5, 5.41) is 0. The fourth-order valence-electron chi connectivity index (χ4n) is 3.83. The summed E-state index contributed by atoms with van der Waals surface area (Å²) >= 11 is 0. The Bertz CT molecular complexity index is 1090. The number of aromatic nitrogens is 2. The summed E-state index contributed by atoms with van der Waals surface area (Å²) in [6, 6.07) is 19.7. The first-order valence-corrected chi connectivity index (χ1v) is 10.1. The van der Waals surface area contributed by atoms with Gasteiger partial charge in [-0.2, -0.15) is 0 Å². The number of carbonyl (C=O) groups is 1. The number of carbonyl (C=O) groups excluding carboxylic acids is 1. The van der Waals surface area contributed by atoms with E-state index in [-0.39, 0.29) is 5.91 Å². The summed E-state index contributed by atoms with van der Waals surface area (Å²) in [5.41, 5.74) is 2.66. The van der Waals surface area contributed by atoms with E-state index in [9.17, 15) is 4.79 Å². The second-order valence-corrected chi connectivity index (χ2v) is 7.38. The SMILES string of the molecule is O=C(C1=Cc2ccccc2OC1)N1CCN(c2ccnc(-c3ccccc3)n2)CC1. The van der Waals surface area contributed by atoms with Crippen molar-refractivity contribution in [3.05, 3.63) is 78.0 Å². The second-order valence-electron chi connectivity index (χ2n) is 7.38. The van der Waals surface area contributed by atoms with Crippen LogP contribution in [0.1, 0.15) is 5.56 Å². The third kappa shape index (κ3) is 3.64. The fourth-order valence-corrected chi connectivity index (χ4v) is 3.83. The van der Waals surface area contributed by atoms with Crippen LogP contribution in [0.2, 0.25) is 0 Å². The molecule has 6 heteroatoms. The fraction of sp³-hybridized carbons (Fsp3) is 0.208. The van der Waals surface area contributed by atoms with E-state index >= 15 is 0 Å². The van der Waals surface area contributed by atoms with Gasteiger partial charge in [0.1, 0.15) is 18.2 Å². The van der Waals surface area contributed by atoms with Crippen molar-refractivity contribution >= 4 is 17.8 Å². The van der Waals surface area contributed by atoms with Crippen molar-refractivity contribution in [2.24, 2.45) is 0 Å². The minimum Gasteiger partial charge on any atom is -0.488 e. The van der Waals surface area contributed by atoms with Gasteiger partial charge in [-0.15, -0.1) is 0 Å². The van der Waals surface area contributed by atoms with Gasteiger partial charge in [-0.3, -0.25) is 4.79 Å². The Morgan fingerprint density at radius 2 is 1.67 bits per heavy atom. The third-order valence-electron chi connectivity index (χ3n) is 5.47. The molecule has 6 nitrogen and oxygen atoms in total. The van der Waals surface area contributed by atoms with Crippen LogP contribution in [0.4, 0.5) is 5.82 Å². The maximum absolute atomic E-state index is 13.0. The first-order chi connectivity index (χ1) is 14.8. The molecule has 2 aliphatic heterocycles. The monoisotopic (exact) mass is 398 g/mol. The van der Waals surface area contributed by atoms with Gasteiger partial charge in [0.05, 0.1) is 5.57 Å². The zero-order chi connectivity index (χ0) is 20.3. The van der Waals surface area contributed by atoms with Crippen LogP contribution >= 0.6 is 0 Å². The van der Waals surface area contributed by atoms with Crippen LogP contribution in [0.15, 0.2) is 72.4 Å². The number of benzene rings is 2. The normalized spacial score (nSPS) is 15.8. The Balaban J connectivity index is 1.26. The van der Waals surface area contributed by atoms with E-state index in [0.29, 0.717) is 25.3 Å². The van der Waals surface area contributed by atoms with Crippen molar-refractivity contribution in [3.63, 3.8) is 0 Å². The largest absolute Gasteiger partial charge is 0.488 e. The molecule has 1 fully saturated rings. The average molecular weight is 398 g/mol. The molecule has 0 radical (unpaired) electrons. The summed E-state index contributed by atoms with van der Waals surface area (Å²) in [5.74, 6) is 2.49. The summed E-state index contributed by atoms with van der Waals surface area (Å²) in [7, 11) is 0. The molecule has 3 aromatic rings. The van der Waals surface area contributed by atoms with Crippen molar-refractivity contribution in [2.75, 3.05) is 37.7 Å². The number of nitrogens with zero attached hydrogens (tertiary/aromatic N) is 4. The molecule has 0 bridgehead atoms. The molecule has 150 valence electrons. The third-order valence-corrected chi connectivity index (χ3v) is 5.47. The number of hydrogen-bond donors (Lipinski definition) is 0. The molecule has 2 aromatic carbocycles. The molecule has 5 rings (SSSR count). The first-order valence-electron chi connectivity index (χ1n) is 10.1. The smallest absolute Gasteiger partial charge is 0.253 e. The van der Waals surface area contributed by atoms with Crippen LogP contribution in [-0.2, 0) is 4.79 Å². The molecular formula is C24H22N4O2. The summed E-state index contributed by atoms with van der Waals surface area (Å²) in [4.78, 5) is 26.2. The van der Waals surface area contributed by atoms with E-state index in [1.807, 2.05) is 71.6 Å².